The summed E-state index contributed by atoms with van der Waals surface area (Å²) in [5, 5.41) is 0. The molecular formula is C24H52ClNO3Si. The van der Waals surface area contributed by atoms with Crippen LogP contribution in [-0.2, 0) is 13.3 Å². The molecule has 0 aromatic carbocycles. The lowest BCUT2D eigenvalue weighted by molar-refractivity contribution is 0.123. The third-order valence-corrected chi connectivity index (χ3v) is 8.36. The minimum atomic E-state index is -2.32. The van der Waals surface area contributed by atoms with Gasteiger partial charge in [-0.3, -0.25) is 0 Å². The Morgan fingerprint density at radius 1 is 0.667 bits per heavy atom. The second kappa shape index (κ2) is 27.1. The number of allylic oxidation sites excluding steroid dienone is 2. The van der Waals surface area contributed by atoms with Gasteiger partial charge in [-0.1, -0.05) is 76.9 Å². The average Bonchev–Trinajstić information content (AvgIpc) is 2.78. The Kier molecular flexibility index (Phi) is 29.2. The van der Waals surface area contributed by atoms with Gasteiger partial charge in [-0.15, -0.1) is 11.6 Å². The maximum atomic E-state index is 5.53. The van der Waals surface area contributed by atoms with Crippen LogP contribution in [0.25, 0.3) is 0 Å². The minimum Gasteiger partial charge on any atom is -0.377 e. The fourth-order valence-corrected chi connectivity index (χ4v) is 5.31. The van der Waals surface area contributed by atoms with Crippen LogP contribution < -0.4 is 5.73 Å². The largest absolute Gasteiger partial charge is 0.500 e. The van der Waals surface area contributed by atoms with E-state index in [0.717, 1.165) is 19.0 Å². The molecule has 30 heavy (non-hydrogen) atoms. The molecule has 0 aliphatic carbocycles. The Hall–Kier alpha value is 0.0869. The van der Waals surface area contributed by atoms with Crippen LogP contribution in [0, 0.1) is 0 Å². The molecule has 0 spiro atoms. The summed E-state index contributed by atoms with van der Waals surface area (Å²) in [5.41, 5.74) is 5.47. The summed E-state index contributed by atoms with van der Waals surface area (Å²) in [6.45, 7) is 3.14. The van der Waals surface area contributed by atoms with Crippen molar-refractivity contribution in [2.45, 2.75) is 109 Å². The molecule has 6 heteroatoms. The summed E-state index contributed by atoms with van der Waals surface area (Å²) in [5.74, 6) is 0.616. The second-order valence-corrected chi connectivity index (χ2v) is 11.3. The van der Waals surface area contributed by atoms with Crippen LogP contribution in [0.2, 0.25) is 6.04 Å². The number of hydrogen-bond acceptors (Lipinski definition) is 4. The molecule has 0 amide bonds. The summed E-state index contributed by atoms with van der Waals surface area (Å²) >= 11 is 5.53. The maximum Gasteiger partial charge on any atom is 0.500 e. The van der Waals surface area contributed by atoms with Gasteiger partial charge in [0.15, 0.2) is 0 Å². The highest BCUT2D eigenvalue weighted by Crippen LogP contribution is 2.15. The van der Waals surface area contributed by atoms with E-state index in [4.69, 9.17) is 30.6 Å². The van der Waals surface area contributed by atoms with Gasteiger partial charge in [-0.25, -0.2) is 0 Å². The van der Waals surface area contributed by atoms with Gasteiger partial charge in [0.25, 0.3) is 0 Å². The van der Waals surface area contributed by atoms with Crippen molar-refractivity contribution >= 4 is 20.4 Å². The maximum absolute atomic E-state index is 5.53. The third-order valence-electron chi connectivity index (χ3n) is 5.27. The normalized spacial score (nSPS) is 11.7. The van der Waals surface area contributed by atoms with Crippen molar-refractivity contribution in [3.8, 4) is 0 Å². The van der Waals surface area contributed by atoms with Gasteiger partial charge in [0.05, 0.1) is 0 Å². The molecule has 0 fully saturated rings. The summed E-state index contributed by atoms with van der Waals surface area (Å²) < 4.78 is 15.5. The Bertz CT molecular complexity index is 334. The van der Waals surface area contributed by atoms with Crippen molar-refractivity contribution in [3.63, 3.8) is 0 Å². The number of halogens is 1. The lowest BCUT2D eigenvalue weighted by Gasteiger charge is -2.23. The van der Waals surface area contributed by atoms with Crippen LogP contribution in [-0.4, -0.2) is 42.6 Å². The van der Waals surface area contributed by atoms with Gasteiger partial charge in [0.1, 0.15) is 0 Å². The first-order chi connectivity index (χ1) is 14.7. The smallest absolute Gasteiger partial charge is 0.377 e. The SMILES string of the molecule is CCCCCCCC/C=C\CCCCCCCCN.CO[Si](CCCCl)(OC)OC. The molecule has 0 bridgehead atoms. The van der Waals surface area contributed by atoms with E-state index in [1.54, 1.807) is 21.3 Å². The summed E-state index contributed by atoms with van der Waals surface area (Å²) in [7, 11) is 2.49. The quantitative estimate of drug-likeness (QED) is 0.0825. The van der Waals surface area contributed by atoms with Crippen LogP contribution in [0.4, 0.5) is 0 Å². The first kappa shape index (κ1) is 32.3. The number of hydrogen-bond donors (Lipinski definition) is 1. The van der Waals surface area contributed by atoms with Crippen molar-refractivity contribution in [1.29, 1.82) is 0 Å². The van der Waals surface area contributed by atoms with Gasteiger partial charge < -0.3 is 19.0 Å². The molecule has 0 aliphatic rings. The zero-order valence-corrected chi connectivity index (χ0v) is 22.3. The zero-order chi connectivity index (χ0) is 22.8. The van der Waals surface area contributed by atoms with E-state index in [1.807, 2.05) is 0 Å². The Morgan fingerprint density at radius 3 is 1.50 bits per heavy atom. The van der Waals surface area contributed by atoms with E-state index in [-0.39, 0.29) is 0 Å². The standard InChI is InChI=1S/C18H37N.C6H15ClO3Si/c1-2-3-4-5-6-7-8-9-10-11-12-13-14-15-16-17-18-19;1-8-11(9-2,10-3)6-4-5-7/h9-10H,2-8,11-19H2,1H3;4-6H2,1-3H3/b10-9-;. The molecule has 0 aromatic rings. The predicted molar refractivity (Wildman–Crippen MR) is 135 cm³/mol. The van der Waals surface area contributed by atoms with Gasteiger partial charge in [-0.2, -0.15) is 0 Å². The van der Waals surface area contributed by atoms with Gasteiger partial charge in [-0.05, 0) is 45.1 Å². The van der Waals surface area contributed by atoms with Crippen LogP contribution in [0.1, 0.15) is 103 Å². The van der Waals surface area contributed by atoms with Crippen LogP contribution in [0.5, 0.6) is 0 Å². The summed E-state index contributed by atoms with van der Waals surface area (Å²) in [4.78, 5) is 0. The first-order valence-electron chi connectivity index (χ1n) is 12.2. The second-order valence-electron chi connectivity index (χ2n) is 7.81. The van der Waals surface area contributed by atoms with Crippen molar-refractivity contribution in [2.24, 2.45) is 5.73 Å². The van der Waals surface area contributed by atoms with E-state index < -0.39 is 8.80 Å². The Balaban J connectivity index is 0. The van der Waals surface area contributed by atoms with Crippen LogP contribution in [0.3, 0.4) is 0 Å². The molecule has 0 aliphatic heterocycles. The lowest BCUT2D eigenvalue weighted by Crippen LogP contribution is -2.42. The minimum absolute atomic E-state index is 0.616. The third kappa shape index (κ3) is 22.8. The molecule has 0 unspecified atom stereocenters. The number of unbranched alkanes of at least 4 members (excludes halogenated alkanes) is 12. The monoisotopic (exact) mass is 465 g/mol. The van der Waals surface area contributed by atoms with E-state index in [9.17, 15) is 0 Å². The molecule has 0 rings (SSSR count). The Morgan fingerprint density at radius 2 is 1.10 bits per heavy atom. The molecule has 2 N–H and O–H groups in total. The van der Waals surface area contributed by atoms with Gasteiger partial charge in [0, 0.05) is 33.3 Å². The van der Waals surface area contributed by atoms with E-state index in [2.05, 4.69) is 19.1 Å². The van der Waals surface area contributed by atoms with E-state index in [0.29, 0.717) is 5.88 Å². The molecule has 0 radical (unpaired) electrons. The molecule has 0 saturated heterocycles. The molecule has 0 heterocycles. The first-order valence-corrected chi connectivity index (χ1v) is 14.7. The van der Waals surface area contributed by atoms with Crippen molar-refractivity contribution < 1.29 is 13.3 Å². The average molecular weight is 466 g/mol. The number of rotatable bonds is 21. The van der Waals surface area contributed by atoms with Crippen LogP contribution in [0.15, 0.2) is 12.2 Å². The fourth-order valence-electron chi connectivity index (χ4n) is 3.23. The van der Waals surface area contributed by atoms with Crippen molar-refractivity contribution in [1.82, 2.24) is 0 Å². The van der Waals surface area contributed by atoms with Gasteiger partial charge in [0.2, 0.25) is 0 Å². The zero-order valence-electron chi connectivity index (χ0n) is 20.6. The highest BCUT2D eigenvalue weighted by Gasteiger charge is 2.36. The van der Waals surface area contributed by atoms with Gasteiger partial charge >= 0.3 is 8.80 Å². The highest BCUT2D eigenvalue weighted by molar-refractivity contribution is 6.60. The lowest BCUT2D eigenvalue weighted by atomic mass is 10.1. The van der Waals surface area contributed by atoms with E-state index in [1.165, 1.54) is 89.9 Å². The molecule has 182 valence electrons. The predicted octanol–water partition coefficient (Wildman–Crippen LogP) is 7.48. The summed E-state index contributed by atoms with van der Waals surface area (Å²) in [6, 6.07) is 0.778. The molecule has 0 aromatic heterocycles. The molecule has 0 atom stereocenters. The fraction of sp³-hybridized carbons (Fsp3) is 0.917. The van der Waals surface area contributed by atoms with Crippen LogP contribution >= 0.6 is 11.6 Å². The summed E-state index contributed by atoms with van der Waals surface area (Å²) in [6.07, 6.45) is 24.7. The number of alkyl halides is 1. The molecule has 0 saturated carbocycles. The number of nitrogens with two attached hydrogens (primary N) is 1. The topological polar surface area (TPSA) is 53.7 Å². The van der Waals surface area contributed by atoms with Crippen molar-refractivity contribution in [2.75, 3.05) is 33.8 Å². The highest BCUT2D eigenvalue weighted by atomic mass is 35.5. The molecular weight excluding hydrogens is 414 g/mol. The van der Waals surface area contributed by atoms with Crippen molar-refractivity contribution in [3.05, 3.63) is 12.2 Å². The Labute approximate surface area is 194 Å². The molecule has 4 nitrogen and oxygen atoms in total. The van der Waals surface area contributed by atoms with E-state index >= 15 is 0 Å².